The number of nitrogens with zero attached hydrogens (tertiary/aromatic N) is 3. The standard InChI is InChI=1S/C19H19N5O/c1-13-7-14(2)9-16(8-13)24-18-10-17(22-12-23-18)19(25)21-11-15-5-3-4-6-20-15/h3-10,12H,11H2,1-2H3,(H,21,25)(H,22,23,24). The van der Waals surface area contributed by atoms with Gasteiger partial charge in [-0.25, -0.2) is 9.97 Å². The van der Waals surface area contributed by atoms with E-state index in [1.807, 2.05) is 44.2 Å². The van der Waals surface area contributed by atoms with E-state index >= 15 is 0 Å². The van der Waals surface area contributed by atoms with Crippen LogP contribution in [0.4, 0.5) is 11.5 Å². The van der Waals surface area contributed by atoms with Crippen molar-refractivity contribution >= 4 is 17.4 Å². The molecule has 0 atom stereocenters. The minimum atomic E-state index is -0.267. The first-order valence-electron chi connectivity index (χ1n) is 7.95. The highest BCUT2D eigenvalue weighted by molar-refractivity contribution is 5.92. The second kappa shape index (κ2) is 7.53. The summed E-state index contributed by atoms with van der Waals surface area (Å²) in [7, 11) is 0. The molecule has 6 nitrogen and oxygen atoms in total. The van der Waals surface area contributed by atoms with Gasteiger partial charge in [0.1, 0.15) is 17.8 Å². The molecule has 0 unspecified atom stereocenters. The average molecular weight is 333 g/mol. The topological polar surface area (TPSA) is 79.8 Å². The second-order valence-electron chi connectivity index (χ2n) is 5.79. The third kappa shape index (κ3) is 4.60. The first-order valence-corrected chi connectivity index (χ1v) is 7.95. The van der Waals surface area contributed by atoms with Crippen molar-refractivity contribution in [1.29, 1.82) is 0 Å². The van der Waals surface area contributed by atoms with E-state index in [0.717, 1.165) is 22.5 Å². The highest BCUT2D eigenvalue weighted by Crippen LogP contribution is 2.18. The van der Waals surface area contributed by atoms with Crippen LogP contribution in [0.25, 0.3) is 0 Å². The van der Waals surface area contributed by atoms with Crippen LogP contribution >= 0.6 is 0 Å². The number of hydrogen-bond acceptors (Lipinski definition) is 5. The highest BCUT2D eigenvalue weighted by atomic mass is 16.1. The summed E-state index contributed by atoms with van der Waals surface area (Å²) in [5.74, 6) is 0.305. The van der Waals surface area contributed by atoms with Crippen molar-refractivity contribution in [3.05, 3.63) is 77.5 Å². The number of amides is 1. The molecule has 126 valence electrons. The van der Waals surface area contributed by atoms with Gasteiger partial charge >= 0.3 is 0 Å². The van der Waals surface area contributed by atoms with Gasteiger partial charge in [-0.1, -0.05) is 12.1 Å². The summed E-state index contributed by atoms with van der Waals surface area (Å²) in [4.78, 5) is 24.7. The maximum Gasteiger partial charge on any atom is 0.270 e. The molecule has 1 aromatic carbocycles. The molecular weight excluding hydrogens is 314 g/mol. The second-order valence-corrected chi connectivity index (χ2v) is 5.79. The lowest BCUT2D eigenvalue weighted by molar-refractivity contribution is 0.0945. The normalized spacial score (nSPS) is 10.3. The van der Waals surface area contributed by atoms with Gasteiger partial charge in [0.25, 0.3) is 5.91 Å². The highest BCUT2D eigenvalue weighted by Gasteiger charge is 2.09. The van der Waals surface area contributed by atoms with E-state index in [0.29, 0.717) is 18.1 Å². The van der Waals surface area contributed by atoms with Crippen LogP contribution in [0.1, 0.15) is 27.3 Å². The van der Waals surface area contributed by atoms with Crippen LogP contribution in [-0.2, 0) is 6.54 Å². The van der Waals surface area contributed by atoms with E-state index < -0.39 is 0 Å². The number of aromatic nitrogens is 3. The van der Waals surface area contributed by atoms with Crippen LogP contribution < -0.4 is 10.6 Å². The monoisotopic (exact) mass is 333 g/mol. The Morgan fingerprint density at radius 2 is 1.80 bits per heavy atom. The number of hydrogen-bond donors (Lipinski definition) is 2. The maximum absolute atomic E-state index is 12.3. The van der Waals surface area contributed by atoms with Crippen LogP contribution in [0, 0.1) is 13.8 Å². The SMILES string of the molecule is Cc1cc(C)cc(Nc2cc(C(=O)NCc3ccccn3)ncn2)c1. The van der Waals surface area contributed by atoms with Crippen LogP contribution in [0.3, 0.4) is 0 Å². The molecule has 2 N–H and O–H groups in total. The molecule has 1 amide bonds. The summed E-state index contributed by atoms with van der Waals surface area (Å²) in [5, 5.41) is 6.02. The van der Waals surface area contributed by atoms with Crippen molar-refractivity contribution in [3.8, 4) is 0 Å². The van der Waals surface area contributed by atoms with E-state index in [1.54, 1.807) is 12.3 Å². The van der Waals surface area contributed by atoms with Gasteiger partial charge in [0.2, 0.25) is 0 Å². The summed E-state index contributed by atoms with van der Waals surface area (Å²) in [6.07, 6.45) is 3.07. The number of benzene rings is 1. The molecule has 0 saturated heterocycles. The maximum atomic E-state index is 12.3. The number of anilines is 2. The molecule has 6 heteroatoms. The lowest BCUT2D eigenvalue weighted by Crippen LogP contribution is -2.24. The number of carbonyl (C=O) groups is 1. The van der Waals surface area contributed by atoms with Crippen molar-refractivity contribution in [2.45, 2.75) is 20.4 Å². The van der Waals surface area contributed by atoms with Gasteiger partial charge in [0.15, 0.2) is 0 Å². The Morgan fingerprint density at radius 3 is 2.52 bits per heavy atom. The zero-order valence-corrected chi connectivity index (χ0v) is 14.2. The van der Waals surface area contributed by atoms with Gasteiger partial charge in [-0.15, -0.1) is 0 Å². The first-order chi connectivity index (χ1) is 12.1. The molecule has 3 rings (SSSR count). The summed E-state index contributed by atoms with van der Waals surface area (Å²) in [6, 6.07) is 13.3. The average Bonchev–Trinajstić information content (AvgIpc) is 2.60. The van der Waals surface area contributed by atoms with Crippen LogP contribution in [0.15, 0.2) is 55.0 Å². The van der Waals surface area contributed by atoms with Crippen molar-refractivity contribution < 1.29 is 4.79 Å². The molecular formula is C19H19N5O. The molecule has 2 heterocycles. The Labute approximate surface area is 146 Å². The molecule has 0 aliphatic rings. The molecule has 0 aliphatic heterocycles. The van der Waals surface area contributed by atoms with Crippen molar-refractivity contribution in [1.82, 2.24) is 20.3 Å². The number of rotatable bonds is 5. The third-order valence-electron chi connectivity index (χ3n) is 3.55. The van der Waals surface area contributed by atoms with Gasteiger partial charge in [0, 0.05) is 18.0 Å². The fourth-order valence-corrected chi connectivity index (χ4v) is 2.51. The Morgan fingerprint density at radius 1 is 1.00 bits per heavy atom. The number of nitrogens with one attached hydrogen (secondary N) is 2. The lowest BCUT2D eigenvalue weighted by Gasteiger charge is -2.09. The number of carbonyl (C=O) groups excluding carboxylic acids is 1. The Kier molecular flexibility index (Phi) is 4.99. The summed E-state index contributed by atoms with van der Waals surface area (Å²) in [6.45, 7) is 4.42. The van der Waals surface area contributed by atoms with Crippen LogP contribution in [0.2, 0.25) is 0 Å². The predicted molar refractivity (Wildman–Crippen MR) is 96.6 cm³/mol. The van der Waals surface area contributed by atoms with Crippen molar-refractivity contribution in [2.24, 2.45) is 0 Å². The van der Waals surface area contributed by atoms with Gasteiger partial charge < -0.3 is 10.6 Å². The van der Waals surface area contributed by atoms with Gasteiger partial charge in [0.05, 0.1) is 12.2 Å². The van der Waals surface area contributed by atoms with Crippen molar-refractivity contribution in [2.75, 3.05) is 5.32 Å². The summed E-state index contributed by atoms with van der Waals surface area (Å²) < 4.78 is 0. The smallest absolute Gasteiger partial charge is 0.270 e. The third-order valence-corrected chi connectivity index (χ3v) is 3.55. The van der Waals surface area contributed by atoms with Gasteiger partial charge in [-0.05, 0) is 49.2 Å². The molecule has 0 fully saturated rings. The zero-order valence-electron chi connectivity index (χ0n) is 14.2. The predicted octanol–water partition coefficient (Wildman–Crippen LogP) is 3.16. The Bertz CT molecular complexity index is 860. The van der Waals surface area contributed by atoms with E-state index in [-0.39, 0.29) is 5.91 Å². The molecule has 0 radical (unpaired) electrons. The fourth-order valence-electron chi connectivity index (χ4n) is 2.51. The van der Waals surface area contributed by atoms with Crippen molar-refractivity contribution in [3.63, 3.8) is 0 Å². The van der Waals surface area contributed by atoms with Gasteiger partial charge in [-0.3, -0.25) is 9.78 Å². The Hall–Kier alpha value is -3.28. The molecule has 25 heavy (non-hydrogen) atoms. The first kappa shape index (κ1) is 16.6. The van der Waals surface area contributed by atoms with Crippen LogP contribution in [-0.4, -0.2) is 20.9 Å². The summed E-state index contributed by atoms with van der Waals surface area (Å²) >= 11 is 0. The van der Waals surface area contributed by atoms with E-state index in [4.69, 9.17) is 0 Å². The van der Waals surface area contributed by atoms with Gasteiger partial charge in [-0.2, -0.15) is 0 Å². The fraction of sp³-hybridized carbons (Fsp3) is 0.158. The molecule has 2 aromatic heterocycles. The number of pyridine rings is 1. The Balaban J connectivity index is 1.69. The zero-order chi connectivity index (χ0) is 17.6. The minimum Gasteiger partial charge on any atom is -0.345 e. The molecule has 0 bridgehead atoms. The number of aryl methyl sites for hydroxylation is 2. The lowest BCUT2D eigenvalue weighted by atomic mass is 10.1. The van der Waals surface area contributed by atoms with E-state index in [1.165, 1.54) is 6.33 Å². The van der Waals surface area contributed by atoms with Crippen LogP contribution in [0.5, 0.6) is 0 Å². The molecule has 0 spiro atoms. The molecule has 0 saturated carbocycles. The molecule has 3 aromatic rings. The van der Waals surface area contributed by atoms with E-state index in [2.05, 4.69) is 31.7 Å². The minimum absolute atomic E-state index is 0.267. The quantitative estimate of drug-likeness (QED) is 0.750. The molecule has 0 aliphatic carbocycles. The van der Waals surface area contributed by atoms with E-state index in [9.17, 15) is 4.79 Å². The largest absolute Gasteiger partial charge is 0.345 e. The summed E-state index contributed by atoms with van der Waals surface area (Å²) in [5.41, 5.74) is 4.34.